The molecule has 0 aromatic heterocycles. The van der Waals surface area contributed by atoms with Gasteiger partial charge in [-0.15, -0.1) is 0 Å². The predicted molar refractivity (Wildman–Crippen MR) is 118 cm³/mol. The summed E-state index contributed by atoms with van der Waals surface area (Å²) in [5.41, 5.74) is 2.69. The van der Waals surface area contributed by atoms with E-state index < -0.39 is 12.0 Å². The van der Waals surface area contributed by atoms with Crippen molar-refractivity contribution in [1.29, 1.82) is 0 Å². The first-order valence-corrected chi connectivity index (χ1v) is 10.3. The van der Waals surface area contributed by atoms with Crippen molar-refractivity contribution in [2.75, 3.05) is 26.3 Å². The molecular formula is C25H22N2O5. The Labute approximate surface area is 185 Å². The second-order valence-electron chi connectivity index (χ2n) is 7.76. The highest BCUT2D eigenvalue weighted by Gasteiger charge is 2.42. The van der Waals surface area contributed by atoms with Crippen LogP contribution in [-0.2, 0) is 4.79 Å². The van der Waals surface area contributed by atoms with Crippen LogP contribution in [0.15, 0.2) is 66.7 Å². The molecular weight excluding hydrogens is 408 g/mol. The van der Waals surface area contributed by atoms with Crippen molar-refractivity contribution >= 4 is 17.5 Å². The van der Waals surface area contributed by atoms with Gasteiger partial charge in [-0.2, -0.15) is 0 Å². The van der Waals surface area contributed by atoms with Crippen molar-refractivity contribution in [3.05, 3.63) is 83.4 Å². The molecule has 2 aliphatic heterocycles. The molecule has 7 nitrogen and oxygen atoms in total. The molecule has 2 aliphatic rings. The quantitative estimate of drug-likeness (QED) is 0.678. The zero-order valence-electron chi connectivity index (χ0n) is 17.7. The van der Waals surface area contributed by atoms with Crippen LogP contribution in [0, 0.1) is 0 Å². The molecule has 0 spiro atoms. The summed E-state index contributed by atoms with van der Waals surface area (Å²) in [5.74, 6) is 1.01. The number of ether oxygens (including phenoxy) is 3. The number of methoxy groups -OCH3 is 1. The molecule has 0 saturated heterocycles. The smallest absolute Gasteiger partial charge is 0.254 e. The lowest BCUT2D eigenvalue weighted by atomic mass is 9.79. The van der Waals surface area contributed by atoms with Gasteiger partial charge in [-0.3, -0.25) is 9.59 Å². The van der Waals surface area contributed by atoms with Gasteiger partial charge in [-0.1, -0.05) is 30.3 Å². The van der Waals surface area contributed by atoms with Crippen LogP contribution in [0.25, 0.3) is 0 Å². The maximum atomic E-state index is 13.6. The minimum atomic E-state index is -0.604. The zero-order valence-corrected chi connectivity index (χ0v) is 17.7. The van der Waals surface area contributed by atoms with Gasteiger partial charge in [0.05, 0.1) is 19.1 Å². The van der Waals surface area contributed by atoms with E-state index in [2.05, 4.69) is 5.32 Å². The fraction of sp³-hybridized carbons (Fsp3) is 0.200. The molecule has 7 heteroatoms. The monoisotopic (exact) mass is 430 g/mol. The number of hydrogen-bond donors (Lipinski definition) is 1. The summed E-state index contributed by atoms with van der Waals surface area (Å²) in [7, 11) is 3.33. The van der Waals surface area contributed by atoms with E-state index in [1.807, 2.05) is 42.5 Å². The molecule has 3 aromatic carbocycles. The molecule has 5 rings (SSSR count). The summed E-state index contributed by atoms with van der Waals surface area (Å²) < 4.78 is 16.0. The summed E-state index contributed by atoms with van der Waals surface area (Å²) >= 11 is 0. The third-order valence-corrected chi connectivity index (χ3v) is 5.96. The first-order chi connectivity index (χ1) is 15.6. The number of rotatable bonds is 4. The zero-order chi connectivity index (χ0) is 22.2. The van der Waals surface area contributed by atoms with Crippen molar-refractivity contribution in [3.8, 4) is 17.2 Å². The third kappa shape index (κ3) is 3.32. The fourth-order valence-electron chi connectivity index (χ4n) is 4.37. The van der Waals surface area contributed by atoms with Gasteiger partial charge in [0.25, 0.3) is 5.91 Å². The molecule has 2 atom stereocenters. The van der Waals surface area contributed by atoms with Crippen molar-refractivity contribution in [2.24, 2.45) is 0 Å². The van der Waals surface area contributed by atoms with E-state index in [9.17, 15) is 9.59 Å². The Morgan fingerprint density at radius 1 is 1.03 bits per heavy atom. The number of nitrogens with one attached hydrogen (secondary N) is 1. The van der Waals surface area contributed by atoms with E-state index in [1.54, 1.807) is 43.3 Å². The number of carbonyl (C=O) groups excluding carboxylic acids is 2. The molecule has 1 N–H and O–H groups in total. The van der Waals surface area contributed by atoms with Gasteiger partial charge in [0.15, 0.2) is 11.5 Å². The van der Waals surface area contributed by atoms with Crippen LogP contribution in [0.1, 0.15) is 33.4 Å². The summed E-state index contributed by atoms with van der Waals surface area (Å²) in [6.07, 6.45) is 0. The average Bonchev–Trinajstić information content (AvgIpc) is 3.29. The number of amides is 2. The van der Waals surface area contributed by atoms with Gasteiger partial charge >= 0.3 is 0 Å². The normalized spacial score (nSPS) is 18.8. The van der Waals surface area contributed by atoms with Crippen LogP contribution in [0.5, 0.6) is 17.2 Å². The lowest BCUT2D eigenvalue weighted by Crippen LogP contribution is -2.44. The van der Waals surface area contributed by atoms with Gasteiger partial charge in [-0.25, -0.2) is 0 Å². The molecule has 0 radical (unpaired) electrons. The number of likely N-dealkylation sites (N-methyl/N-ethyl adjacent to an activating group) is 1. The first-order valence-electron chi connectivity index (χ1n) is 10.3. The lowest BCUT2D eigenvalue weighted by molar-refractivity contribution is -0.119. The highest BCUT2D eigenvalue weighted by atomic mass is 16.7. The van der Waals surface area contributed by atoms with Crippen molar-refractivity contribution in [1.82, 2.24) is 4.90 Å². The minimum absolute atomic E-state index is 0.117. The van der Waals surface area contributed by atoms with E-state index in [4.69, 9.17) is 14.2 Å². The number of hydrogen-bond acceptors (Lipinski definition) is 5. The molecule has 32 heavy (non-hydrogen) atoms. The van der Waals surface area contributed by atoms with Crippen LogP contribution in [0.3, 0.4) is 0 Å². The Morgan fingerprint density at radius 3 is 2.56 bits per heavy atom. The van der Waals surface area contributed by atoms with E-state index in [-0.39, 0.29) is 18.6 Å². The lowest BCUT2D eigenvalue weighted by Gasteiger charge is -2.39. The Balaban J connectivity index is 1.55. The maximum Gasteiger partial charge on any atom is 0.254 e. The average molecular weight is 430 g/mol. The second kappa shape index (κ2) is 7.92. The number of anilines is 1. The fourth-order valence-corrected chi connectivity index (χ4v) is 4.37. The second-order valence-corrected chi connectivity index (χ2v) is 7.76. The summed E-state index contributed by atoms with van der Waals surface area (Å²) in [6, 6.07) is 19.5. The highest BCUT2D eigenvalue weighted by molar-refractivity contribution is 6.04. The van der Waals surface area contributed by atoms with Gasteiger partial charge in [-0.05, 0) is 41.5 Å². The summed E-state index contributed by atoms with van der Waals surface area (Å²) in [5, 5.41) is 3.00. The van der Waals surface area contributed by atoms with Gasteiger partial charge in [0.2, 0.25) is 12.7 Å². The Hall–Kier alpha value is -4.00. The van der Waals surface area contributed by atoms with Crippen LogP contribution in [-0.4, -0.2) is 37.7 Å². The highest BCUT2D eigenvalue weighted by Crippen LogP contribution is 2.43. The van der Waals surface area contributed by atoms with Gasteiger partial charge < -0.3 is 24.4 Å². The number of fused-ring (bicyclic) bond motifs is 2. The SMILES string of the molecule is COc1ccc([C@H]2[C@H](C(=O)Nc3ccc4c(c3)OCO4)c3ccccc3C(=O)N2C)cc1. The molecule has 2 heterocycles. The largest absolute Gasteiger partial charge is 0.497 e. The number of benzene rings is 3. The Bertz CT molecular complexity index is 1190. The molecule has 0 saturated carbocycles. The van der Waals surface area contributed by atoms with E-state index in [0.29, 0.717) is 34.1 Å². The molecule has 0 aliphatic carbocycles. The molecule has 3 aromatic rings. The van der Waals surface area contributed by atoms with Crippen LogP contribution >= 0.6 is 0 Å². The molecule has 162 valence electrons. The van der Waals surface area contributed by atoms with Crippen LogP contribution < -0.4 is 19.5 Å². The van der Waals surface area contributed by atoms with Crippen LogP contribution in [0.2, 0.25) is 0 Å². The predicted octanol–water partition coefficient (Wildman–Crippen LogP) is 3.97. The van der Waals surface area contributed by atoms with Gasteiger partial charge in [0, 0.05) is 24.4 Å². The van der Waals surface area contributed by atoms with Crippen molar-refractivity contribution in [2.45, 2.75) is 12.0 Å². The van der Waals surface area contributed by atoms with Crippen molar-refractivity contribution in [3.63, 3.8) is 0 Å². The number of carbonyl (C=O) groups is 2. The maximum absolute atomic E-state index is 13.6. The standard InChI is InChI=1S/C25H22N2O5/c1-27-23(15-7-10-17(30-2)11-8-15)22(18-5-3-4-6-19(18)25(27)29)24(28)26-16-9-12-20-21(13-16)32-14-31-20/h3-13,22-23H,14H2,1-2H3,(H,26,28)/t22-,23+/m1/s1. The van der Waals surface area contributed by atoms with E-state index >= 15 is 0 Å². The van der Waals surface area contributed by atoms with Crippen LogP contribution in [0.4, 0.5) is 5.69 Å². The van der Waals surface area contributed by atoms with Crippen molar-refractivity contribution < 1.29 is 23.8 Å². The first kappa shape index (κ1) is 19.9. The van der Waals surface area contributed by atoms with Gasteiger partial charge in [0.1, 0.15) is 5.75 Å². The molecule has 0 unspecified atom stereocenters. The summed E-state index contributed by atoms with van der Waals surface area (Å²) in [6.45, 7) is 0.162. The number of nitrogens with zero attached hydrogens (tertiary/aromatic N) is 1. The Kier molecular flexibility index (Phi) is 4.93. The summed E-state index contributed by atoms with van der Waals surface area (Å²) in [4.78, 5) is 28.4. The minimum Gasteiger partial charge on any atom is -0.497 e. The van der Waals surface area contributed by atoms with E-state index in [1.165, 1.54) is 0 Å². The molecule has 0 bridgehead atoms. The topological polar surface area (TPSA) is 77.1 Å². The Morgan fingerprint density at radius 2 is 1.78 bits per heavy atom. The molecule has 2 amide bonds. The third-order valence-electron chi connectivity index (χ3n) is 5.96. The van der Waals surface area contributed by atoms with E-state index in [0.717, 1.165) is 5.56 Å². The molecule has 0 fully saturated rings.